The van der Waals surface area contributed by atoms with E-state index in [1.165, 1.54) is 24.1 Å². The minimum Gasteiger partial charge on any atom is -0.367 e. The van der Waals surface area contributed by atoms with Gasteiger partial charge in [0.1, 0.15) is 0 Å². The SMILES string of the molecule is Cc1cnccc1N(CCBr)C1CC1. The molecule has 0 radical (unpaired) electrons. The predicted octanol–water partition coefficient (Wildman–Crippen LogP) is 2.75. The van der Waals surface area contributed by atoms with Crippen LogP contribution in [0.1, 0.15) is 18.4 Å². The van der Waals surface area contributed by atoms with Crippen molar-refractivity contribution in [2.24, 2.45) is 0 Å². The first-order chi connectivity index (χ1) is 6.83. The van der Waals surface area contributed by atoms with Crippen molar-refractivity contribution in [3.63, 3.8) is 0 Å². The van der Waals surface area contributed by atoms with E-state index in [0.29, 0.717) is 0 Å². The highest BCUT2D eigenvalue weighted by Gasteiger charge is 2.29. The number of anilines is 1. The summed E-state index contributed by atoms with van der Waals surface area (Å²) in [6.45, 7) is 3.22. The summed E-state index contributed by atoms with van der Waals surface area (Å²) >= 11 is 3.51. The molecular weight excluding hydrogens is 240 g/mol. The van der Waals surface area contributed by atoms with E-state index in [4.69, 9.17) is 0 Å². The zero-order valence-corrected chi connectivity index (χ0v) is 10.00. The van der Waals surface area contributed by atoms with E-state index >= 15 is 0 Å². The molecule has 3 heteroatoms. The summed E-state index contributed by atoms with van der Waals surface area (Å²) in [5.74, 6) is 0. The van der Waals surface area contributed by atoms with Crippen molar-refractivity contribution >= 4 is 21.6 Å². The van der Waals surface area contributed by atoms with Crippen molar-refractivity contribution in [2.75, 3.05) is 16.8 Å². The van der Waals surface area contributed by atoms with Crippen LogP contribution in [0.4, 0.5) is 5.69 Å². The van der Waals surface area contributed by atoms with Gasteiger partial charge in [0.15, 0.2) is 0 Å². The molecule has 0 aromatic carbocycles. The summed E-state index contributed by atoms with van der Waals surface area (Å²) in [5, 5.41) is 1.03. The molecule has 0 unspecified atom stereocenters. The Balaban J connectivity index is 2.21. The van der Waals surface area contributed by atoms with Crippen LogP contribution in [0.2, 0.25) is 0 Å². The van der Waals surface area contributed by atoms with Gasteiger partial charge in [0.25, 0.3) is 0 Å². The minimum absolute atomic E-state index is 0.772. The topological polar surface area (TPSA) is 16.1 Å². The number of hydrogen-bond acceptors (Lipinski definition) is 2. The van der Waals surface area contributed by atoms with Gasteiger partial charge in [-0.05, 0) is 31.4 Å². The van der Waals surface area contributed by atoms with Crippen LogP contribution in [0.15, 0.2) is 18.5 Å². The molecule has 0 amide bonds. The number of aromatic nitrogens is 1. The maximum Gasteiger partial charge on any atom is 0.0429 e. The van der Waals surface area contributed by atoms with Crippen LogP contribution >= 0.6 is 15.9 Å². The van der Waals surface area contributed by atoms with Crippen molar-refractivity contribution in [1.82, 2.24) is 4.98 Å². The lowest BCUT2D eigenvalue weighted by atomic mass is 10.2. The molecule has 0 atom stereocenters. The van der Waals surface area contributed by atoms with Gasteiger partial charge in [-0.15, -0.1) is 0 Å². The zero-order valence-electron chi connectivity index (χ0n) is 8.41. The highest BCUT2D eigenvalue weighted by Crippen LogP contribution is 2.32. The summed E-state index contributed by atoms with van der Waals surface area (Å²) in [4.78, 5) is 6.62. The van der Waals surface area contributed by atoms with Crippen LogP contribution in [0.25, 0.3) is 0 Å². The van der Waals surface area contributed by atoms with Gasteiger partial charge in [0.2, 0.25) is 0 Å². The van der Waals surface area contributed by atoms with Crippen LogP contribution in [-0.4, -0.2) is 22.9 Å². The maximum absolute atomic E-state index is 4.13. The average Bonchev–Trinajstić information content (AvgIpc) is 2.99. The van der Waals surface area contributed by atoms with Gasteiger partial charge >= 0.3 is 0 Å². The van der Waals surface area contributed by atoms with Gasteiger partial charge in [0, 0.05) is 36.0 Å². The summed E-state index contributed by atoms with van der Waals surface area (Å²) in [7, 11) is 0. The molecular formula is C11H15BrN2. The van der Waals surface area contributed by atoms with Crippen molar-refractivity contribution in [2.45, 2.75) is 25.8 Å². The van der Waals surface area contributed by atoms with Gasteiger partial charge in [-0.25, -0.2) is 0 Å². The van der Waals surface area contributed by atoms with E-state index < -0.39 is 0 Å². The molecule has 1 saturated carbocycles. The molecule has 2 rings (SSSR count). The fraction of sp³-hybridized carbons (Fsp3) is 0.545. The van der Waals surface area contributed by atoms with Gasteiger partial charge in [0.05, 0.1) is 0 Å². The van der Waals surface area contributed by atoms with E-state index in [2.05, 4.69) is 38.8 Å². The normalized spacial score (nSPS) is 15.6. The summed E-state index contributed by atoms with van der Waals surface area (Å²) in [5.41, 5.74) is 2.63. The Labute approximate surface area is 93.5 Å². The summed E-state index contributed by atoms with van der Waals surface area (Å²) in [6.07, 6.45) is 6.51. The first kappa shape index (κ1) is 9.97. The molecule has 1 aromatic heterocycles. The third kappa shape index (κ3) is 2.08. The van der Waals surface area contributed by atoms with Gasteiger partial charge < -0.3 is 4.90 Å². The molecule has 0 spiro atoms. The van der Waals surface area contributed by atoms with Crippen LogP contribution in [0.3, 0.4) is 0 Å². The van der Waals surface area contributed by atoms with E-state index in [1.54, 1.807) is 0 Å². The van der Waals surface area contributed by atoms with Crippen LogP contribution in [-0.2, 0) is 0 Å². The second kappa shape index (κ2) is 4.30. The van der Waals surface area contributed by atoms with Crippen molar-refractivity contribution < 1.29 is 0 Å². The number of alkyl halides is 1. The largest absolute Gasteiger partial charge is 0.367 e. The van der Waals surface area contributed by atoms with Crippen LogP contribution < -0.4 is 4.90 Å². The Bertz CT molecular complexity index is 310. The predicted molar refractivity (Wildman–Crippen MR) is 63.1 cm³/mol. The number of halogens is 1. The minimum atomic E-state index is 0.772. The zero-order chi connectivity index (χ0) is 9.97. The number of nitrogens with zero attached hydrogens (tertiary/aromatic N) is 2. The molecule has 1 aliphatic carbocycles. The van der Waals surface area contributed by atoms with E-state index in [1.807, 2.05) is 12.4 Å². The van der Waals surface area contributed by atoms with Crippen molar-refractivity contribution in [3.05, 3.63) is 24.0 Å². The fourth-order valence-corrected chi connectivity index (χ4v) is 2.15. The lowest BCUT2D eigenvalue weighted by Crippen LogP contribution is -2.28. The van der Waals surface area contributed by atoms with Crippen LogP contribution in [0.5, 0.6) is 0 Å². The first-order valence-corrected chi connectivity index (χ1v) is 6.18. The Hall–Kier alpha value is -0.570. The van der Waals surface area contributed by atoms with Crippen molar-refractivity contribution in [3.8, 4) is 0 Å². The second-order valence-corrected chi connectivity index (χ2v) is 4.57. The van der Waals surface area contributed by atoms with Gasteiger partial charge in [-0.2, -0.15) is 0 Å². The molecule has 1 heterocycles. The summed E-state index contributed by atoms with van der Waals surface area (Å²) in [6, 6.07) is 2.89. The Morgan fingerprint density at radius 1 is 1.57 bits per heavy atom. The molecule has 0 bridgehead atoms. The molecule has 0 saturated heterocycles. The standard InChI is InChI=1S/C11H15BrN2/c1-9-8-13-6-4-11(9)14(7-5-12)10-2-3-10/h4,6,8,10H,2-3,5,7H2,1H3. The third-order valence-corrected chi connectivity index (χ3v) is 2.97. The Morgan fingerprint density at radius 3 is 2.93 bits per heavy atom. The maximum atomic E-state index is 4.13. The lowest BCUT2D eigenvalue weighted by molar-refractivity contribution is 0.828. The molecule has 14 heavy (non-hydrogen) atoms. The quantitative estimate of drug-likeness (QED) is 0.769. The fourth-order valence-electron chi connectivity index (χ4n) is 1.77. The highest BCUT2D eigenvalue weighted by molar-refractivity contribution is 9.09. The smallest absolute Gasteiger partial charge is 0.0429 e. The van der Waals surface area contributed by atoms with Crippen LogP contribution in [0, 0.1) is 6.92 Å². The Kier molecular flexibility index (Phi) is 3.06. The lowest BCUT2D eigenvalue weighted by Gasteiger charge is -2.25. The number of rotatable bonds is 4. The second-order valence-electron chi connectivity index (χ2n) is 3.78. The highest BCUT2D eigenvalue weighted by atomic mass is 79.9. The van der Waals surface area contributed by atoms with Gasteiger partial charge in [-0.3, -0.25) is 4.98 Å². The molecule has 1 aliphatic rings. The third-order valence-electron chi connectivity index (χ3n) is 2.61. The molecule has 0 N–H and O–H groups in total. The first-order valence-electron chi connectivity index (χ1n) is 5.06. The van der Waals surface area contributed by atoms with Gasteiger partial charge in [-0.1, -0.05) is 15.9 Å². The summed E-state index contributed by atoms with van der Waals surface area (Å²) < 4.78 is 0. The molecule has 0 aliphatic heterocycles. The van der Waals surface area contributed by atoms with E-state index in [9.17, 15) is 0 Å². The molecule has 1 fully saturated rings. The monoisotopic (exact) mass is 254 g/mol. The Morgan fingerprint density at radius 2 is 2.36 bits per heavy atom. The molecule has 76 valence electrons. The number of aryl methyl sites for hydroxylation is 1. The van der Waals surface area contributed by atoms with E-state index in [-0.39, 0.29) is 0 Å². The van der Waals surface area contributed by atoms with E-state index in [0.717, 1.165) is 17.9 Å². The molecule has 2 nitrogen and oxygen atoms in total. The number of hydrogen-bond donors (Lipinski definition) is 0. The molecule has 1 aromatic rings. The van der Waals surface area contributed by atoms with Crippen molar-refractivity contribution in [1.29, 1.82) is 0 Å². The average molecular weight is 255 g/mol. The number of pyridine rings is 1.